The molecule has 0 spiro atoms. The largest absolute Gasteiger partial charge is 0.477 e. The van der Waals surface area contributed by atoms with Gasteiger partial charge in [0.1, 0.15) is 19.0 Å². The normalized spacial score (nSPS) is 16.7. The smallest absolute Gasteiger partial charge is 0.326 e. The van der Waals surface area contributed by atoms with Crippen LogP contribution < -0.4 is 15.4 Å². The third-order valence-corrected chi connectivity index (χ3v) is 3.28. The fraction of sp³-hybridized carbons (Fsp3) is 0.533. The van der Waals surface area contributed by atoms with E-state index in [1.165, 1.54) is 4.90 Å². The Hall–Kier alpha value is -2.35. The number of hydrogen-bond donors (Lipinski definition) is 1. The molecule has 126 valence electrons. The van der Waals surface area contributed by atoms with Crippen LogP contribution in [0.4, 0.5) is 11.6 Å². The summed E-state index contributed by atoms with van der Waals surface area (Å²) < 4.78 is 15.7. The van der Waals surface area contributed by atoms with Crippen LogP contribution >= 0.6 is 0 Å². The lowest BCUT2D eigenvalue weighted by molar-refractivity contribution is -0.145. The maximum absolute atomic E-state index is 12.4. The Morgan fingerprint density at radius 3 is 2.87 bits per heavy atom. The van der Waals surface area contributed by atoms with E-state index in [-0.39, 0.29) is 30.7 Å². The fourth-order valence-electron chi connectivity index (χ4n) is 2.16. The van der Waals surface area contributed by atoms with Gasteiger partial charge in [-0.25, -0.2) is 4.98 Å². The number of pyridine rings is 1. The topological polar surface area (TPSA) is 104 Å². The third-order valence-electron chi connectivity index (χ3n) is 3.28. The zero-order valence-corrected chi connectivity index (χ0v) is 13.3. The summed E-state index contributed by atoms with van der Waals surface area (Å²) in [6.45, 7) is 4.45. The summed E-state index contributed by atoms with van der Waals surface area (Å²) in [5.41, 5.74) is 5.66. The number of fused-ring (bicyclic) bond motifs is 1. The van der Waals surface area contributed by atoms with Gasteiger partial charge in [-0.15, -0.1) is 0 Å². The van der Waals surface area contributed by atoms with Crippen LogP contribution in [0.3, 0.4) is 0 Å². The van der Waals surface area contributed by atoms with E-state index in [4.69, 9.17) is 19.9 Å². The molecule has 1 aromatic rings. The number of nitrogen functional groups attached to an aromatic ring is 1. The van der Waals surface area contributed by atoms with Crippen molar-refractivity contribution in [3.63, 3.8) is 0 Å². The van der Waals surface area contributed by atoms with Gasteiger partial charge in [-0.1, -0.05) is 6.92 Å². The van der Waals surface area contributed by atoms with Gasteiger partial charge < -0.3 is 19.9 Å². The van der Waals surface area contributed by atoms with Crippen molar-refractivity contribution in [2.24, 2.45) is 0 Å². The summed E-state index contributed by atoms with van der Waals surface area (Å²) in [7, 11) is 0. The van der Waals surface area contributed by atoms with Crippen LogP contribution in [-0.2, 0) is 19.1 Å². The molecule has 2 heterocycles. The molecule has 0 aliphatic carbocycles. The molecule has 1 unspecified atom stereocenters. The van der Waals surface area contributed by atoms with Crippen LogP contribution in [0.1, 0.15) is 20.3 Å². The van der Waals surface area contributed by atoms with Crippen molar-refractivity contribution in [1.29, 1.82) is 0 Å². The molecule has 0 saturated heterocycles. The van der Waals surface area contributed by atoms with Crippen LogP contribution in [0, 0.1) is 0 Å². The summed E-state index contributed by atoms with van der Waals surface area (Å²) >= 11 is 0. The van der Waals surface area contributed by atoms with Gasteiger partial charge in [0.25, 0.3) is 5.91 Å². The molecule has 1 aliphatic heterocycles. The van der Waals surface area contributed by atoms with Crippen LogP contribution in [0.2, 0.25) is 0 Å². The maximum atomic E-state index is 12.4. The highest BCUT2D eigenvalue weighted by molar-refractivity contribution is 6.02. The zero-order valence-electron chi connectivity index (χ0n) is 13.3. The van der Waals surface area contributed by atoms with Crippen LogP contribution in [0.25, 0.3) is 0 Å². The zero-order chi connectivity index (χ0) is 16.8. The molecular weight excluding hydrogens is 302 g/mol. The van der Waals surface area contributed by atoms with E-state index in [2.05, 4.69) is 4.98 Å². The van der Waals surface area contributed by atoms with Gasteiger partial charge in [-0.3, -0.25) is 14.5 Å². The summed E-state index contributed by atoms with van der Waals surface area (Å²) in [5.74, 6) is 0.0314. The Morgan fingerprint density at radius 1 is 1.39 bits per heavy atom. The molecule has 2 rings (SSSR count). The van der Waals surface area contributed by atoms with Crippen molar-refractivity contribution in [3.8, 4) is 5.75 Å². The SMILES string of the molecule is CCOCCOC(=O)CN1C(=O)C(CC)Oc2ccc(N)nc21. The van der Waals surface area contributed by atoms with E-state index in [0.717, 1.165) is 0 Å². The Bertz CT molecular complexity index is 578. The molecule has 0 aromatic carbocycles. The highest BCUT2D eigenvalue weighted by Gasteiger charge is 2.35. The lowest BCUT2D eigenvalue weighted by Crippen LogP contribution is -2.48. The summed E-state index contributed by atoms with van der Waals surface area (Å²) in [6, 6.07) is 3.22. The van der Waals surface area contributed by atoms with E-state index in [1.54, 1.807) is 12.1 Å². The minimum atomic E-state index is -0.649. The molecule has 8 nitrogen and oxygen atoms in total. The molecule has 0 radical (unpaired) electrons. The molecule has 0 fully saturated rings. The first-order valence-corrected chi connectivity index (χ1v) is 7.54. The monoisotopic (exact) mass is 323 g/mol. The van der Waals surface area contributed by atoms with Gasteiger partial charge in [0.2, 0.25) is 0 Å². The first kappa shape index (κ1) is 17.0. The number of aromatic nitrogens is 1. The Morgan fingerprint density at radius 2 is 2.17 bits per heavy atom. The second-order valence-corrected chi connectivity index (χ2v) is 4.91. The van der Waals surface area contributed by atoms with Crippen molar-refractivity contribution in [1.82, 2.24) is 4.98 Å². The number of carbonyl (C=O) groups is 2. The molecule has 23 heavy (non-hydrogen) atoms. The number of nitrogens with zero attached hydrogens (tertiary/aromatic N) is 2. The number of nitrogens with two attached hydrogens (primary N) is 1. The standard InChI is InChI=1S/C15H21N3O5/c1-3-10-15(20)18(9-13(19)22-8-7-21-4-2)14-11(23-10)5-6-12(16)17-14/h5-6,10H,3-4,7-9H2,1-2H3,(H2,16,17). The lowest BCUT2D eigenvalue weighted by atomic mass is 10.2. The Labute approximate surface area is 134 Å². The highest BCUT2D eigenvalue weighted by Crippen LogP contribution is 2.33. The number of hydrogen-bond acceptors (Lipinski definition) is 7. The highest BCUT2D eigenvalue weighted by atomic mass is 16.6. The second-order valence-electron chi connectivity index (χ2n) is 4.91. The predicted molar refractivity (Wildman–Crippen MR) is 83.2 cm³/mol. The summed E-state index contributed by atoms with van der Waals surface area (Å²) in [5, 5.41) is 0. The van der Waals surface area contributed by atoms with Crippen molar-refractivity contribution in [2.75, 3.05) is 37.0 Å². The number of rotatable bonds is 7. The first-order valence-electron chi connectivity index (χ1n) is 7.54. The predicted octanol–water partition coefficient (Wildman–Crippen LogP) is 0.747. The number of esters is 1. The average molecular weight is 323 g/mol. The van der Waals surface area contributed by atoms with Crippen molar-refractivity contribution in [3.05, 3.63) is 12.1 Å². The van der Waals surface area contributed by atoms with Crippen LogP contribution in [0.15, 0.2) is 12.1 Å². The molecule has 1 atom stereocenters. The van der Waals surface area contributed by atoms with Crippen molar-refractivity contribution in [2.45, 2.75) is 26.4 Å². The first-order chi connectivity index (χ1) is 11.1. The minimum absolute atomic E-state index is 0.139. The second kappa shape index (κ2) is 7.77. The molecule has 2 N–H and O–H groups in total. The van der Waals surface area contributed by atoms with Crippen molar-refractivity contribution < 1.29 is 23.8 Å². The van der Waals surface area contributed by atoms with Gasteiger partial charge in [0.05, 0.1) is 6.61 Å². The minimum Gasteiger partial charge on any atom is -0.477 e. The van der Waals surface area contributed by atoms with E-state index in [1.807, 2.05) is 13.8 Å². The fourth-order valence-corrected chi connectivity index (χ4v) is 2.16. The number of anilines is 2. The van der Waals surface area contributed by atoms with E-state index in [9.17, 15) is 9.59 Å². The summed E-state index contributed by atoms with van der Waals surface area (Å²) in [6.07, 6.45) is -0.164. The van der Waals surface area contributed by atoms with Crippen LogP contribution in [-0.4, -0.2) is 49.3 Å². The number of ether oxygens (including phenoxy) is 3. The van der Waals surface area contributed by atoms with Gasteiger partial charge in [0.15, 0.2) is 17.7 Å². The molecule has 0 saturated carbocycles. The van der Waals surface area contributed by atoms with Gasteiger partial charge in [0, 0.05) is 6.61 Å². The molecule has 8 heteroatoms. The Balaban J connectivity index is 2.11. The van der Waals surface area contributed by atoms with Gasteiger partial charge in [-0.2, -0.15) is 0 Å². The summed E-state index contributed by atoms with van der Waals surface area (Å²) in [4.78, 5) is 29.7. The van der Waals surface area contributed by atoms with Gasteiger partial charge >= 0.3 is 5.97 Å². The molecule has 1 aromatic heterocycles. The molecule has 1 amide bonds. The van der Waals surface area contributed by atoms with E-state index in [0.29, 0.717) is 25.4 Å². The van der Waals surface area contributed by atoms with Gasteiger partial charge in [-0.05, 0) is 25.5 Å². The van der Waals surface area contributed by atoms with Crippen molar-refractivity contribution >= 4 is 23.5 Å². The maximum Gasteiger partial charge on any atom is 0.326 e. The number of amides is 1. The molecule has 1 aliphatic rings. The average Bonchev–Trinajstić information content (AvgIpc) is 2.54. The lowest BCUT2D eigenvalue weighted by Gasteiger charge is -2.32. The van der Waals surface area contributed by atoms with E-state index < -0.39 is 12.1 Å². The Kier molecular flexibility index (Phi) is 5.75. The number of carbonyl (C=O) groups excluding carboxylic acids is 2. The third kappa shape index (κ3) is 4.10. The quantitative estimate of drug-likeness (QED) is 0.583. The van der Waals surface area contributed by atoms with Crippen LogP contribution in [0.5, 0.6) is 5.75 Å². The molecular formula is C15H21N3O5. The van der Waals surface area contributed by atoms with E-state index >= 15 is 0 Å². The molecule has 0 bridgehead atoms.